The highest BCUT2D eigenvalue weighted by Crippen LogP contribution is 2.17. The lowest BCUT2D eigenvalue weighted by atomic mass is 10.1. The number of carbonyl (C=O) groups excluding carboxylic acids is 1. The fourth-order valence-electron chi connectivity index (χ4n) is 2.75. The summed E-state index contributed by atoms with van der Waals surface area (Å²) in [5.74, 6) is -0.411. The van der Waals surface area contributed by atoms with Crippen LogP contribution in [0.1, 0.15) is 15.9 Å². The van der Waals surface area contributed by atoms with E-state index in [-0.39, 0.29) is 11.0 Å². The van der Waals surface area contributed by atoms with E-state index in [0.717, 1.165) is 16.6 Å². The summed E-state index contributed by atoms with van der Waals surface area (Å²) in [6, 6.07) is 12.5. The van der Waals surface area contributed by atoms with Crippen LogP contribution in [0.25, 0.3) is 16.4 Å². The minimum absolute atomic E-state index is 0.0990. The summed E-state index contributed by atoms with van der Waals surface area (Å²) in [4.78, 5) is 29.3. The molecule has 0 unspecified atom stereocenters. The number of hydrogen-bond acceptors (Lipinski definition) is 3. The van der Waals surface area contributed by atoms with E-state index in [2.05, 4.69) is 10.3 Å². The molecule has 2 aromatic carbocycles. The zero-order valence-electron chi connectivity index (χ0n) is 12.5. The fraction of sp³-hybridized carbons (Fsp3) is 0.0556. The quantitative estimate of drug-likeness (QED) is 0.625. The second-order valence-electron chi connectivity index (χ2n) is 5.51. The SMILES string of the molecule is O=C(NCc1ccc(Cl)cc1)c1cn2cnc3cccc(c1=O)c32. The lowest BCUT2D eigenvalue weighted by molar-refractivity contribution is 0.0949. The van der Waals surface area contributed by atoms with Crippen molar-refractivity contribution in [2.75, 3.05) is 0 Å². The largest absolute Gasteiger partial charge is 0.348 e. The molecule has 0 radical (unpaired) electrons. The first-order chi connectivity index (χ1) is 11.6. The molecule has 0 fully saturated rings. The molecule has 6 heteroatoms. The predicted molar refractivity (Wildman–Crippen MR) is 92.8 cm³/mol. The summed E-state index contributed by atoms with van der Waals surface area (Å²) in [6.07, 6.45) is 3.13. The minimum Gasteiger partial charge on any atom is -0.348 e. The van der Waals surface area contributed by atoms with Crippen LogP contribution in [0.4, 0.5) is 0 Å². The standard InChI is InChI=1S/C18H12ClN3O2/c19-12-6-4-11(5-7-12)8-20-18(24)14-9-22-10-21-15-3-1-2-13(16(15)22)17(14)23/h1-7,9-10H,8H2,(H,20,24). The number of nitrogens with one attached hydrogen (secondary N) is 1. The van der Waals surface area contributed by atoms with E-state index in [4.69, 9.17) is 11.6 Å². The fourth-order valence-corrected chi connectivity index (χ4v) is 2.88. The van der Waals surface area contributed by atoms with Gasteiger partial charge in [0.05, 0.1) is 17.4 Å². The highest BCUT2D eigenvalue weighted by molar-refractivity contribution is 6.30. The van der Waals surface area contributed by atoms with Crippen LogP contribution in [0.3, 0.4) is 0 Å². The number of halogens is 1. The minimum atomic E-state index is -0.411. The van der Waals surface area contributed by atoms with Crippen LogP contribution in [0.2, 0.25) is 5.02 Å². The zero-order chi connectivity index (χ0) is 16.7. The highest BCUT2D eigenvalue weighted by Gasteiger charge is 2.16. The number of nitrogens with zero attached hydrogens (tertiary/aromatic N) is 2. The second-order valence-corrected chi connectivity index (χ2v) is 5.94. The molecule has 2 aromatic heterocycles. The number of para-hydroxylation sites is 1. The number of carbonyl (C=O) groups is 1. The number of hydrogen-bond donors (Lipinski definition) is 1. The van der Waals surface area contributed by atoms with E-state index in [0.29, 0.717) is 17.0 Å². The molecule has 0 aliphatic heterocycles. The first kappa shape index (κ1) is 14.7. The van der Waals surface area contributed by atoms with Gasteiger partial charge in [0, 0.05) is 23.2 Å². The normalized spacial score (nSPS) is 11.2. The molecule has 1 amide bonds. The van der Waals surface area contributed by atoms with Crippen molar-refractivity contribution in [1.82, 2.24) is 14.7 Å². The van der Waals surface area contributed by atoms with Crippen molar-refractivity contribution in [3.63, 3.8) is 0 Å². The Morgan fingerprint density at radius 1 is 1.17 bits per heavy atom. The molecule has 4 rings (SSSR count). The van der Waals surface area contributed by atoms with E-state index < -0.39 is 5.91 Å². The van der Waals surface area contributed by atoms with Gasteiger partial charge < -0.3 is 9.72 Å². The van der Waals surface area contributed by atoms with Gasteiger partial charge in [-0.15, -0.1) is 0 Å². The van der Waals surface area contributed by atoms with Crippen LogP contribution in [0, 0.1) is 0 Å². The Labute approximate surface area is 141 Å². The van der Waals surface area contributed by atoms with Gasteiger partial charge in [0.25, 0.3) is 5.91 Å². The Hall–Kier alpha value is -2.92. The Bertz CT molecular complexity index is 1100. The smallest absolute Gasteiger partial charge is 0.257 e. The van der Waals surface area contributed by atoms with Crippen molar-refractivity contribution in [2.24, 2.45) is 0 Å². The molecule has 0 bridgehead atoms. The molecule has 5 nitrogen and oxygen atoms in total. The van der Waals surface area contributed by atoms with Crippen molar-refractivity contribution in [3.05, 3.63) is 81.4 Å². The van der Waals surface area contributed by atoms with Gasteiger partial charge in [-0.2, -0.15) is 0 Å². The Balaban J connectivity index is 1.68. The molecule has 0 saturated carbocycles. The maximum absolute atomic E-state index is 12.6. The summed E-state index contributed by atoms with van der Waals surface area (Å²) in [5, 5.41) is 3.89. The van der Waals surface area contributed by atoms with Crippen LogP contribution >= 0.6 is 11.6 Å². The lowest BCUT2D eigenvalue weighted by Gasteiger charge is -2.07. The second kappa shape index (κ2) is 5.62. The van der Waals surface area contributed by atoms with Crippen molar-refractivity contribution in [2.45, 2.75) is 6.54 Å². The number of aromatic nitrogens is 2. The van der Waals surface area contributed by atoms with Crippen molar-refractivity contribution in [3.8, 4) is 0 Å². The summed E-state index contributed by atoms with van der Waals surface area (Å²) in [7, 11) is 0. The number of rotatable bonds is 3. The van der Waals surface area contributed by atoms with Gasteiger partial charge in [-0.05, 0) is 29.8 Å². The molecular weight excluding hydrogens is 326 g/mol. The van der Waals surface area contributed by atoms with Crippen LogP contribution in [-0.2, 0) is 6.54 Å². The van der Waals surface area contributed by atoms with E-state index in [1.54, 1.807) is 35.0 Å². The van der Waals surface area contributed by atoms with Gasteiger partial charge in [-0.3, -0.25) is 9.59 Å². The number of amides is 1. The van der Waals surface area contributed by atoms with Crippen LogP contribution in [0.5, 0.6) is 0 Å². The first-order valence-electron chi connectivity index (χ1n) is 7.38. The van der Waals surface area contributed by atoms with Gasteiger partial charge in [0.15, 0.2) is 0 Å². The average molecular weight is 338 g/mol. The molecule has 0 aliphatic rings. The molecule has 1 N–H and O–H groups in total. The third kappa shape index (κ3) is 2.39. The number of pyridine rings is 1. The maximum Gasteiger partial charge on any atom is 0.257 e. The molecule has 0 spiro atoms. The maximum atomic E-state index is 12.6. The third-order valence-corrected chi connectivity index (χ3v) is 4.21. The molecular formula is C18H12ClN3O2. The molecule has 24 heavy (non-hydrogen) atoms. The van der Waals surface area contributed by atoms with Gasteiger partial charge >= 0.3 is 0 Å². The lowest BCUT2D eigenvalue weighted by Crippen LogP contribution is -2.28. The number of benzene rings is 2. The first-order valence-corrected chi connectivity index (χ1v) is 7.76. The van der Waals surface area contributed by atoms with Gasteiger partial charge in [0.1, 0.15) is 5.56 Å². The highest BCUT2D eigenvalue weighted by atomic mass is 35.5. The van der Waals surface area contributed by atoms with Crippen LogP contribution in [-0.4, -0.2) is 15.3 Å². The van der Waals surface area contributed by atoms with Crippen LogP contribution in [0.15, 0.2) is 59.8 Å². The Morgan fingerprint density at radius 2 is 1.96 bits per heavy atom. The Kier molecular flexibility index (Phi) is 3.43. The summed E-state index contributed by atoms with van der Waals surface area (Å²) >= 11 is 5.84. The predicted octanol–water partition coefficient (Wildman–Crippen LogP) is 2.87. The van der Waals surface area contributed by atoms with Crippen molar-refractivity contribution < 1.29 is 4.79 Å². The van der Waals surface area contributed by atoms with E-state index in [1.807, 2.05) is 18.2 Å². The zero-order valence-corrected chi connectivity index (χ0v) is 13.2. The van der Waals surface area contributed by atoms with Crippen molar-refractivity contribution >= 4 is 33.9 Å². The molecule has 4 aromatic rings. The van der Waals surface area contributed by atoms with Crippen molar-refractivity contribution in [1.29, 1.82) is 0 Å². The molecule has 0 atom stereocenters. The summed E-state index contributed by atoms with van der Waals surface area (Å²) in [6.45, 7) is 0.321. The van der Waals surface area contributed by atoms with E-state index >= 15 is 0 Å². The van der Waals surface area contributed by atoms with Gasteiger partial charge in [-0.25, -0.2) is 4.98 Å². The molecule has 118 valence electrons. The molecule has 0 aliphatic carbocycles. The van der Waals surface area contributed by atoms with Gasteiger partial charge in [-0.1, -0.05) is 29.8 Å². The Morgan fingerprint density at radius 3 is 2.75 bits per heavy atom. The molecule has 2 heterocycles. The molecule has 0 saturated heterocycles. The monoisotopic (exact) mass is 337 g/mol. The van der Waals surface area contributed by atoms with Gasteiger partial charge in [0.2, 0.25) is 5.43 Å². The van der Waals surface area contributed by atoms with Crippen LogP contribution < -0.4 is 10.7 Å². The average Bonchev–Trinajstić information content (AvgIpc) is 3.01. The van der Waals surface area contributed by atoms with E-state index in [1.165, 1.54) is 6.20 Å². The third-order valence-electron chi connectivity index (χ3n) is 3.96. The summed E-state index contributed by atoms with van der Waals surface area (Å²) < 4.78 is 1.71. The summed E-state index contributed by atoms with van der Waals surface area (Å²) in [5.41, 5.74) is 2.18. The van der Waals surface area contributed by atoms with E-state index in [9.17, 15) is 9.59 Å². The number of imidazole rings is 1. The topological polar surface area (TPSA) is 63.5 Å².